The number of para-hydroxylation sites is 1. The summed E-state index contributed by atoms with van der Waals surface area (Å²) in [7, 11) is 0. The highest BCUT2D eigenvalue weighted by Gasteiger charge is 2.40. The number of ether oxygens (including phenoxy) is 2. The zero-order valence-corrected chi connectivity index (χ0v) is 12.2. The van der Waals surface area contributed by atoms with E-state index in [-0.39, 0.29) is 6.71 Å². The van der Waals surface area contributed by atoms with Crippen LogP contribution in [0.15, 0.2) is 60.7 Å². The van der Waals surface area contributed by atoms with Crippen LogP contribution in [0.2, 0.25) is 0 Å². The minimum atomic E-state index is 0.182. The Balaban J connectivity index is 1.89. The SMILES string of the molecule is Cc1cccc2c1B1c3ccccc3Oc3cccc(c31)O2. The number of rotatable bonds is 0. The molecule has 0 amide bonds. The lowest BCUT2D eigenvalue weighted by molar-refractivity contribution is 0.464. The molecule has 22 heavy (non-hydrogen) atoms. The molecule has 0 radical (unpaired) electrons. The molecule has 0 N–H and O–H groups in total. The van der Waals surface area contributed by atoms with Crippen LogP contribution in [0.1, 0.15) is 5.56 Å². The lowest BCUT2D eigenvalue weighted by Gasteiger charge is -2.33. The molecule has 3 heteroatoms. The van der Waals surface area contributed by atoms with Crippen LogP contribution in [-0.2, 0) is 0 Å². The predicted octanol–water partition coefficient (Wildman–Crippen LogP) is 2.72. The highest BCUT2D eigenvalue weighted by Crippen LogP contribution is 2.34. The third-order valence-corrected chi connectivity index (χ3v) is 4.56. The van der Waals surface area contributed by atoms with Gasteiger partial charge in [-0.1, -0.05) is 42.0 Å². The van der Waals surface area contributed by atoms with Crippen molar-refractivity contribution in [2.75, 3.05) is 0 Å². The van der Waals surface area contributed by atoms with Crippen LogP contribution in [0.3, 0.4) is 0 Å². The van der Waals surface area contributed by atoms with Crippen molar-refractivity contribution < 1.29 is 9.47 Å². The van der Waals surface area contributed by atoms with Crippen LogP contribution in [0.5, 0.6) is 23.0 Å². The largest absolute Gasteiger partial charge is 0.458 e. The summed E-state index contributed by atoms with van der Waals surface area (Å²) in [4.78, 5) is 0. The second-order valence-electron chi connectivity index (χ2n) is 5.83. The molecule has 2 aliphatic rings. The molecule has 2 heterocycles. The Bertz CT molecular complexity index is 882. The molecule has 0 saturated heterocycles. The van der Waals surface area contributed by atoms with Gasteiger partial charge in [-0.3, -0.25) is 0 Å². The Labute approximate surface area is 129 Å². The molecule has 0 unspecified atom stereocenters. The van der Waals surface area contributed by atoms with Gasteiger partial charge in [0.1, 0.15) is 23.0 Å². The quantitative estimate of drug-likeness (QED) is 0.407. The fourth-order valence-electron chi connectivity index (χ4n) is 3.60. The third-order valence-electron chi connectivity index (χ3n) is 4.56. The van der Waals surface area contributed by atoms with Crippen molar-refractivity contribution in [1.29, 1.82) is 0 Å². The zero-order valence-electron chi connectivity index (χ0n) is 12.2. The van der Waals surface area contributed by atoms with E-state index < -0.39 is 0 Å². The fourth-order valence-corrected chi connectivity index (χ4v) is 3.60. The van der Waals surface area contributed by atoms with Crippen molar-refractivity contribution in [3.05, 3.63) is 66.2 Å². The molecule has 104 valence electrons. The first-order valence-corrected chi connectivity index (χ1v) is 7.50. The molecule has 0 bridgehead atoms. The summed E-state index contributed by atoms with van der Waals surface area (Å²) in [5.41, 5.74) is 4.85. The number of hydrogen-bond acceptors (Lipinski definition) is 2. The van der Waals surface area contributed by atoms with E-state index in [4.69, 9.17) is 9.47 Å². The maximum Gasteiger partial charge on any atom is 0.261 e. The first-order chi connectivity index (χ1) is 10.8. The molecule has 5 rings (SSSR count). The fraction of sp³-hybridized carbons (Fsp3) is 0.0526. The highest BCUT2D eigenvalue weighted by molar-refractivity contribution is 6.98. The molecule has 0 spiro atoms. The second-order valence-corrected chi connectivity index (χ2v) is 5.83. The summed E-state index contributed by atoms with van der Waals surface area (Å²) in [6.07, 6.45) is 0. The molecule has 2 nitrogen and oxygen atoms in total. The average Bonchev–Trinajstić information content (AvgIpc) is 2.55. The molecule has 3 aromatic carbocycles. The summed E-state index contributed by atoms with van der Waals surface area (Å²) in [5, 5.41) is 0. The van der Waals surface area contributed by atoms with E-state index >= 15 is 0 Å². The third kappa shape index (κ3) is 1.46. The van der Waals surface area contributed by atoms with E-state index in [1.807, 2.05) is 36.4 Å². The highest BCUT2D eigenvalue weighted by atomic mass is 16.5. The minimum Gasteiger partial charge on any atom is -0.458 e. The number of hydrogen-bond donors (Lipinski definition) is 0. The number of fused-ring (bicyclic) bond motifs is 4. The van der Waals surface area contributed by atoms with Gasteiger partial charge >= 0.3 is 0 Å². The molecule has 0 fully saturated rings. The smallest absolute Gasteiger partial charge is 0.261 e. The molecule has 0 saturated carbocycles. The number of aryl methyl sites for hydroxylation is 1. The maximum atomic E-state index is 6.14. The van der Waals surface area contributed by atoms with Crippen molar-refractivity contribution >= 4 is 23.1 Å². The van der Waals surface area contributed by atoms with E-state index in [1.54, 1.807) is 0 Å². The van der Waals surface area contributed by atoms with Crippen molar-refractivity contribution in [2.24, 2.45) is 0 Å². The Morgan fingerprint density at radius 1 is 0.636 bits per heavy atom. The second kappa shape index (κ2) is 4.17. The average molecular weight is 284 g/mol. The molecule has 0 aliphatic carbocycles. The Kier molecular flexibility index (Phi) is 2.26. The van der Waals surface area contributed by atoms with Crippen LogP contribution in [-0.4, -0.2) is 6.71 Å². The van der Waals surface area contributed by atoms with Crippen LogP contribution in [0.25, 0.3) is 0 Å². The van der Waals surface area contributed by atoms with Crippen LogP contribution < -0.4 is 25.9 Å². The maximum absolute atomic E-state index is 6.14. The van der Waals surface area contributed by atoms with E-state index in [0.717, 1.165) is 28.5 Å². The standard InChI is InChI=1S/C19H13BO2/c1-12-6-4-9-15-18(12)20-13-7-2-3-8-14(13)21-16-10-5-11-17(22-15)19(16)20/h2-11H,1H3. The molecule has 2 aliphatic heterocycles. The van der Waals surface area contributed by atoms with Gasteiger partial charge in [-0.25, -0.2) is 0 Å². The van der Waals surface area contributed by atoms with E-state index in [0.29, 0.717) is 0 Å². The van der Waals surface area contributed by atoms with Gasteiger partial charge in [0.05, 0.1) is 0 Å². The molecular formula is C19H13BO2. The molecule has 3 aromatic rings. The van der Waals surface area contributed by atoms with Crippen molar-refractivity contribution in [3.63, 3.8) is 0 Å². The summed E-state index contributed by atoms with van der Waals surface area (Å²) in [6, 6.07) is 20.6. The van der Waals surface area contributed by atoms with Gasteiger partial charge in [-0.05, 0) is 42.1 Å². The Hall–Kier alpha value is -2.68. The topological polar surface area (TPSA) is 18.5 Å². The predicted molar refractivity (Wildman–Crippen MR) is 88.9 cm³/mol. The van der Waals surface area contributed by atoms with Gasteiger partial charge < -0.3 is 9.47 Å². The van der Waals surface area contributed by atoms with Crippen molar-refractivity contribution in [1.82, 2.24) is 0 Å². The van der Waals surface area contributed by atoms with Gasteiger partial charge in [-0.2, -0.15) is 0 Å². The van der Waals surface area contributed by atoms with Gasteiger partial charge in [0.15, 0.2) is 0 Å². The van der Waals surface area contributed by atoms with Gasteiger partial charge in [-0.15, -0.1) is 0 Å². The van der Waals surface area contributed by atoms with Crippen LogP contribution in [0, 0.1) is 6.92 Å². The van der Waals surface area contributed by atoms with E-state index in [2.05, 4.69) is 31.2 Å². The first kappa shape index (κ1) is 11.9. The van der Waals surface area contributed by atoms with Gasteiger partial charge in [0.2, 0.25) is 0 Å². The molecule has 0 atom stereocenters. The normalized spacial score (nSPS) is 13.4. The molecule has 0 aromatic heterocycles. The minimum absolute atomic E-state index is 0.182. The van der Waals surface area contributed by atoms with Gasteiger partial charge in [0, 0.05) is 5.46 Å². The van der Waals surface area contributed by atoms with Crippen LogP contribution in [0.4, 0.5) is 0 Å². The Morgan fingerprint density at radius 2 is 1.23 bits per heavy atom. The van der Waals surface area contributed by atoms with Gasteiger partial charge in [0.25, 0.3) is 6.71 Å². The first-order valence-electron chi connectivity index (χ1n) is 7.50. The van der Waals surface area contributed by atoms with E-state index in [9.17, 15) is 0 Å². The summed E-state index contributed by atoms with van der Waals surface area (Å²) in [6.45, 7) is 2.33. The summed E-state index contributed by atoms with van der Waals surface area (Å²) < 4.78 is 12.2. The van der Waals surface area contributed by atoms with Crippen molar-refractivity contribution in [3.8, 4) is 23.0 Å². The lowest BCUT2D eigenvalue weighted by atomic mass is 9.34. The summed E-state index contributed by atoms with van der Waals surface area (Å²) in [5.74, 6) is 3.69. The number of benzene rings is 3. The monoisotopic (exact) mass is 284 g/mol. The van der Waals surface area contributed by atoms with E-state index in [1.165, 1.54) is 16.5 Å². The van der Waals surface area contributed by atoms with Crippen molar-refractivity contribution in [2.45, 2.75) is 6.92 Å². The lowest BCUT2D eigenvalue weighted by Crippen LogP contribution is -2.58. The Morgan fingerprint density at radius 3 is 2.05 bits per heavy atom. The van der Waals surface area contributed by atoms with Crippen LogP contribution >= 0.6 is 0 Å². The zero-order chi connectivity index (χ0) is 14.7. The summed E-state index contributed by atoms with van der Waals surface area (Å²) >= 11 is 0. The molecular weight excluding hydrogens is 271 g/mol.